The normalized spacial score (nSPS) is 20.8. The zero-order valence-electron chi connectivity index (χ0n) is 11.3. The van der Waals surface area contributed by atoms with Gasteiger partial charge in [0.25, 0.3) is 0 Å². The van der Waals surface area contributed by atoms with Crippen molar-refractivity contribution in [1.82, 2.24) is 0 Å². The van der Waals surface area contributed by atoms with E-state index in [1.54, 1.807) is 7.11 Å². The van der Waals surface area contributed by atoms with Crippen molar-refractivity contribution in [1.29, 1.82) is 0 Å². The van der Waals surface area contributed by atoms with Gasteiger partial charge in [0.1, 0.15) is 11.9 Å². The summed E-state index contributed by atoms with van der Waals surface area (Å²) in [6, 6.07) is 12.1. The summed E-state index contributed by atoms with van der Waals surface area (Å²) in [7, 11) is 1.68. The molecular weight excluding hydrogens is 276 g/mol. The predicted molar refractivity (Wildman–Crippen MR) is 79.7 cm³/mol. The van der Waals surface area contributed by atoms with Gasteiger partial charge in [-0.15, -0.1) is 11.6 Å². The monoisotopic (exact) mass is 292 g/mol. The molecule has 20 heavy (non-hydrogen) atoms. The Kier molecular flexibility index (Phi) is 4.10. The Morgan fingerprint density at radius 1 is 1.15 bits per heavy atom. The molecule has 2 atom stereocenters. The summed E-state index contributed by atoms with van der Waals surface area (Å²) in [4.78, 5) is 0. The summed E-state index contributed by atoms with van der Waals surface area (Å²) in [5, 5.41) is 1.93. The van der Waals surface area contributed by atoms with Crippen LogP contribution in [-0.2, 0) is 9.47 Å². The Hall–Kier alpha value is -1.29. The van der Waals surface area contributed by atoms with Crippen LogP contribution in [0, 0.1) is 0 Å². The highest BCUT2D eigenvalue weighted by Crippen LogP contribution is 2.36. The first kappa shape index (κ1) is 13.7. The zero-order valence-corrected chi connectivity index (χ0v) is 12.1. The van der Waals surface area contributed by atoms with Gasteiger partial charge in [-0.3, -0.25) is 0 Å². The fourth-order valence-corrected chi connectivity index (χ4v) is 2.92. The highest BCUT2D eigenvalue weighted by atomic mass is 35.5. The van der Waals surface area contributed by atoms with Crippen LogP contribution in [0.3, 0.4) is 0 Å². The van der Waals surface area contributed by atoms with E-state index in [-0.39, 0.29) is 11.5 Å². The summed E-state index contributed by atoms with van der Waals surface area (Å²) < 4.78 is 16.6. The van der Waals surface area contributed by atoms with E-state index in [0.29, 0.717) is 19.8 Å². The van der Waals surface area contributed by atoms with Gasteiger partial charge in [0.15, 0.2) is 0 Å². The van der Waals surface area contributed by atoms with Gasteiger partial charge in [-0.25, -0.2) is 0 Å². The first-order valence-corrected chi connectivity index (χ1v) is 7.14. The second kappa shape index (κ2) is 6.00. The van der Waals surface area contributed by atoms with Gasteiger partial charge in [-0.05, 0) is 17.0 Å². The van der Waals surface area contributed by atoms with Gasteiger partial charge in [-0.2, -0.15) is 0 Å². The standard InChI is InChI=1S/C16H17ClO3/c1-18-14-7-6-13(11-4-2-3-5-12(11)14)16(17)15-10-19-8-9-20-15/h2-7,15-16H,8-10H2,1H3. The van der Waals surface area contributed by atoms with Crippen molar-refractivity contribution < 1.29 is 14.2 Å². The molecule has 3 rings (SSSR count). The number of ether oxygens (including phenoxy) is 3. The van der Waals surface area contributed by atoms with Crippen LogP contribution in [0.15, 0.2) is 36.4 Å². The summed E-state index contributed by atoms with van der Waals surface area (Å²) in [6.07, 6.45) is -0.109. The maximum Gasteiger partial charge on any atom is 0.126 e. The predicted octanol–water partition coefficient (Wildman–Crippen LogP) is 3.54. The van der Waals surface area contributed by atoms with Gasteiger partial charge in [0.05, 0.1) is 32.3 Å². The van der Waals surface area contributed by atoms with E-state index in [0.717, 1.165) is 22.1 Å². The van der Waals surface area contributed by atoms with E-state index in [2.05, 4.69) is 6.07 Å². The zero-order chi connectivity index (χ0) is 13.9. The molecule has 0 bridgehead atoms. The van der Waals surface area contributed by atoms with Crippen LogP contribution in [0.5, 0.6) is 5.75 Å². The molecule has 1 aliphatic rings. The lowest BCUT2D eigenvalue weighted by atomic mass is 9.98. The van der Waals surface area contributed by atoms with Crippen LogP contribution in [0.25, 0.3) is 10.8 Å². The molecular formula is C16H17ClO3. The largest absolute Gasteiger partial charge is 0.496 e. The minimum atomic E-state index is -0.230. The molecule has 1 aliphatic heterocycles. The molecule has 0 amide bonds. The van der Waals surface area contributed by atoms with Crippen molar-refractivity contribution in [3.8, 4) is 5.75 Å². The molecule has 0 aromatic heterocycles. The van der Waals surface area contributed by atoms with Crippen molar-refractivity contribution >= 4 is 22.4 Å². The second-order valence-electron chi connectivity index (χ2n) is 4.79. The number of hydrogen-bond donors (Lipinski definition) is 0. The molecule has 1 heterocycles. The summed E-state index contributed by atoms with van der Waals surface area (Å²) in [5.41, 5.74) is 1.05. The molecule has 1 fully saturated rings. The molecule has 2 aromatic carbocycles. The summed E-state index contributed by atoms with van der Waals surface area (Å²) in [5.74, 6) is 0.856. The van der Waals surface area contributed by atoms with Crippen molar-refractivity contribution in [3.63, 3.8) is 0 Å². The van der Waals surface area contributed by atoms with E-state index in [4.69, 9.17) is 25.8 Å². The third-order valence-corrected chi connectivity index (χ3v) is 4.12. The number of halogens is 1. The van der Waals surface area contributed by atoms with Crippen LogP contribution in [-0.4, -0.2) is 33.0 Å². The number of fused-ring (bicyclic) bond motifs is 1. The van der Waals surface area contributed by atoms with E-state index in [1.807, 2.05) is 30.3 Å². The lowest BCUT2D eigenvalue weighted by molar-refractivity contribution is -0.0891. The highest BCUT2D eigenvalue weighted by Gasteiger charge is 2.26. The van der Waals surface area contributed by atoms with Crippen molar-refractivity contribution in [2.75, 3.05) is 26.9 Å². The summed E-state index contributed by atoms with van der Waals surface area (Å²) >= 11 is 6.61. The maximum atomic E-state index is 6.61. The van der Waals surface area contributed by atoms with E-state index in [1.165, 1.54) is 0 Å². The van der Waals surface area contributed by atoms with Crippen LogP contribution >= 0.6 is 11.6 Å². The van der Waals surface area contributed by atoms with Gasteiger partial charge < -0.3 is 14.2 Å². The Bertz CT molecular complexity index is 593. The highest BCUT2D eigenvalue weighted by molar-refractivity contribution is 6.22. The number of rotatable bonds is 3. The molecule has 2 unspecified atom stereocenters. The molecule has 1 saturated heterocycles. The Balaban J connectivity index is 2.02. The van der Waals surface area contributed by atoms with Crippen LogP contribution in [0.1, 0.15) is 10.9 Å². The molecule has 0 saturated carbocycles. The average Bonchev–Trinajstić information content (AvgIpc) is 2.54. The Morgan fingerprint density at radius 3 is 2.65 bits per heavy atom. The van der Waals surface area contributed by atoms with Crippen LogP contribution < -0.4 is 4.74 Å². The Morgan fingerprint density at radius 2 is 1.95 bits per heavy atom. The minimum Gasteiger partial charge on any atom is -0.496 e. The molecule has 0 spiro atoms. The van der Waals surface area contributed by atoms with Crippen LogP contribution in [0.4, 0.5) is 0 Å². The number of hydrogen-bond acceptors (Lipinski definition) is 3. The van der Waals surface area contributed by atoms with Crippen molar-refractivity contribution in [2.24, 2.45) is 0 Å². The third-order valence-electron chi connectivity index (χ3n) is 3.60. The lowest BCUT2D eigenvalue weighted by Crippen LogP contribution is -2.31. The molecule has 106 valence electrons. The molecule has 0 radical (unpaired) electrons. The number of methoxy groups -OCH3 is 1. The fourth-order valence-electron chi connectivity index (χ4n) is 2.59. The van der Waals surface area contributed by atoms with Gasteiger partial charge in [0.2, 0.25) is 0 Å². The van der Waals surface area contributed by atoms with E-state index >= 15 is 0 Å². The maximum absolute atomic E-state index is 6.61. The fraction of sp³-hybridized carbons (Fsp3) is 0.375. The van der Waals surface area contributed by atoms with E-state index < -0.39 is 0 Å². The Labute approximate surface area is 123 Å². The molecule has 0 aliphatic carbocycles. The lowest BCUT2D eigenvalue weighted by Gasteiger charge is -2.27. The number of alkyl halides is 1. The molecule has 4 heteroatoms. The average molecular weight is 293 g/mol. The molecule has 3 nitrogen and oxygen atoms in total. The van der Waals surface area contributed by atoms with E-state index in [9.17, 15) is 0 Å². The van der Waals surface area contributed by atoms with Crippen molar-refractivity contribution in [2.45, 2.75) is 11.5 Å². The van der Waals surface area contributed by atoms with Crippen molar-refractivity contribution in [3.05, 3.63) is 42.0 Å². The second-order valence-corrected chi connectivity index (χ2v) is 5.26. The minimum absolute atomic E-state index is 0.109. The summed E-state index contributed by atoms with van der Waals surface area (Å²) in [6.45, 7) is 1.78. The quantitative estimate of drug-likeness (QED) is 0.810. The molecule has 0 N–H and O–H groups in total. The molecule has 2 aromatic rings. The topological polar surface area (TPSA) is 27.7 Å². The number of benzene rings is 2. The van der Waals surface area contributed by atoms with Gasteiger partial charge >= 0.3 is 0 Å². The smallest absolute Gasteiger partial charge is 0.126 e. The third kappa shape index (κ3) is 2.49. The SMILES string of the molecule is COc1ccc(C(Cl)C2COCCO2)c2ccccc12. The van der Waals surface area contributed by atoms with Gasteiger partial charge in [-0.1, -0.05) is 30.3 Å². The van der Waals surface area contributed by atoms with Crippen LogP contribution in [0.2, 0.25) is 0 Å². The first-order valence-electron chi connectivity index (χ1n) is 6.70. The first-order chi connectivity index (χ1) is 9.81. The van der Waals surface area contributed by atoms with Gasteiger partial charge in [0, 0.05) is 5.39 Å².